The van der Waals surface area contributed by atoms with Gasteiger partial charge in [-0.05, 0) is 47.4 Å². The first kappa shape index (κ1) is 12.9. The van der Waals surface area contributed by atoms with Crippen molar-refractivity contribution in [2.45, 2.75) is 18.9 Å². The standard InChI is InChI=1S/C12H14BrClN2O/c13-10-5-1-4-9(11(10)14)12(17)16-8-3-2-6-15-7-8/h1,4-5,8,15H,2-3,6-7H2,(H,16,17)/t8-/m0/s1. The quantitative estimate of drug-likeness (QED) is 0.880. The Bertz CT molecular complexity index is 419. The van der Waals surface area contributed by atoms with Crippen LogP contribution in [0.4, 0.5) is 0 Å². The van der Waals surface area contributed by atoms with Crippen LogP contribution in [0.1, 0.15) is 23.2 Å². The summed E-state index contributed by atoms with van der Waals surface area (Å²) in [6.45, 7) is 1.86. The summed E-state index contributed by atoms with van der Waals surface area (Å²) in [6, 6.07) is 5.57. The Morgan fingerprint density at radius 3 is 3.06 bits per heavy atom. The average Bonchev–Trinajstić information content (AvgIpc) is 2.34. The van der Waals surface area contributed by atoms with Crippen molar-refractivity contribution in [2.24, 2.45) is 0 Å². The zero-order valence-corrected chi connectivity index (χ0v) is 11.6. The highest BCUT2D eigenvalue weighted by molar-refractivity contribution is 9.10. The van der Waals surface area contributed by atoms with Crippen molar-refractivity contribution in [3.8, 4) is 0 Å². The number of nitrogens with one attached hydrogen (secondary N) is 2. The lowest BCUT2D eigenvalue weighted by atomic mass is 10.1. The Labute approximate surface area is 114 Å². The molecule has 0 spiro atoms. The maximum absolute atomic E-state index is 12.0. The lowest BCUT2D eigenvalue weighted by molar-refractivity contribution is 0.0931. The van der Waals surface area contributed by atoms with Crippen LogP contribution < -0.4 is 10.6 Å². The van der Waals surface area contributed by atoms with Gasteiger partial charge in [-0.15, -0.1) is 0 Å². The molecule has 1 fully saturated rings. The van der Waals surface area contributed by atoms with E-state index in [2.05, 4.69) is 26.6 Å². The summed E-state index contributed by atoms with van der Waals surface area (Å²) >= 11 is 9.40. The van der Waals surface area contributed by atoms with E-state index >= 15 is 0 Å². The molecule has 2 rings (SSSR count). The van der Waals surface area contributed by atoms with Gasteiger partial charge in [0.25, 0.3) is 5.91 Å². The molecule has 5 heteroatoms. The molecule has 2 N–H and O–H groups in total. The van der Waals surface area contributed by atoms with E-state index in [1.807, 2.05) is 12.1 Å². The lowest BCUT2D eigenvalue weighted by Crippen LogP contribution is -2.45. The van der Waals surface area contributed by atoms with E-state index in [0.717, 1.165) is 30.4 Å². The zero-order chi connectivity index (χ0) is 12.3. The van der Waals surface area contributed by atoms with Crippen molar-refractivity contribution in [3.63, 3.8) is 0 Å². The second-order valence-corrected chi connectivity index (χ2v) is 5.35. The van der Waals surface area contributed by atoms with Gasteiger partial charge in [0.05, 0.1) is 10.6 Å². The molecule has 1 heterocycles. The molecule has 0 unspecified atom stereocenters. The summed E-state index contributed by atoms with van der Waals surface area (Å²) < 4.78 is 0.744. The number of carbonyl (C=O) groups is 1. The van der Waals surface area contributed by atoms with Crippen LogP contribution >= 0.6 is 27.5 Å². The van der Waals surface area contributed by atoms with E-state index in [4.69, 9.17) is 11.6 Å². The molecule has 92 valence electrons. The molecule has 17 heavy (non-hydrogen) atoms. The first-order chi connectivity index (χ1) is 8.18. The van der Waals surface area contributed by atoms with Crippen LogP contribution in [0.3, 0.4) is 0 Å². The fourth-order valence-corrected chi connectivity index (χ4v) is 2.50. The number of piperidine rings is 1. The molecule has 3 nitrogen and oxygen atoms in total. The van der Waals surface area contributed by atoms with Crippen molar-refractivity contribution >= 4 is 33.4 Å². The van der Waals surface area contributed by atoms with E-state index in [1.54, 1.807) is 6.07 Å². The maximum atomic E-state index is 12.0. The SMILES string of the molecule is O=C(N[C@H]1CCCNC1)c1cccc(Br)c1Cl. The predicted molar refractivity (Wildman–Crippen MR) is 72.5 cm³/mol. The van der Waals surface area contributed by atoms with Crippen molar-refractivity contribution < 1.29 is 4.79 Å². The molecule has 1 aliphatic heterocycles. The highest BCUT2D eigenvalue weighted by Gasteiger charge is 2.18. The monoisotopic (exact) mass is 316 g/mol. The highest BCUT2D eigenvalue weighted by atomic mass is 79.9. The third kappa shape index (κ3) is 3.21. The van der Waals surface area contributed by atoms with Crippen molar-refractivity contribution in [3.05, 3.63) is 33.3 Å². The summed E-state index contributed by atoms with van der Waals surface area (Å²) in [4.78, 5) is 12.0. The normalized spacial score (nSPS) is 20.0. The van der Waals surface area contributed by atoms with Crippen LogP contribution in [0.25, 0.3) is 0 Å². The van der Waals surface area contributed by atoms with Gasteiger partial charge in [-0.1, -0.05) is 17.7 Å². The number of hydrogen-bond acceptors (Lipinski definition) is 2. The second-order valence-electron chi connectivity index (χ2n) is 4.12. The van der Waals surface area contributed by atoms with Crippen LogP contribution in [-0.4, -0.2) is 25.0 Å². The largest absolute Gasteiger partial charge is 0.348 e. The van der Waals surface area contributed by atoms with Crippen LogP contribution in [-0.2, 0) is 0 Å². The van der Waals surface area contributed by atoms with Crippen molar-refractivity contribution in [1.82, 2.24) is 10.6 Å². The third-order valence-corrected chi connectivity index (χ3v) is 4.12. The Morgan fingerprint density at radius 2 is 2.35 bits per heavy atom. The fraction of sp³-hybridized carbons (Fsp3) is 0.417. The summed E-state index contributed by atoms with van der Waals surface area (Å²) in [7, 11) is 0. The van der Waals surface area contributed by atoms with Gasteiger partial charge in [-0.25, -0.2) is 0 Å². The summed E-state index contributed by atoms with van der Waals surface area (Å²) in [5.41, 5.74) is 0.520. The van der Waals surface area contributed by atoms with Gasteiger partial charge in [-0.3, -0.25) is 4.79 Å². The molecule has 0 aliphatic carbocycles. The van der Waals surface area contributed by atoms with Crippen LogP contribution in [0.2, 0.25) is 5.02 Å². The molecule has 0 aromatic heterocycles. The number of carbonyl (C=O) groups excluding carboxylic acids is 1. The summed E-state index contributed by atoms with van der Waals surface area (Å²) in [5, 5.41) is 6.72. The third-order valence-electron chi connectivity index (χ3n) is 2.83. The van der Waals surface area contributed by atoms with Crippen LogP contribution in [0, 0.1) is 0 Å². The van der Waals surface area contributed by atoms with Gasteiger partial charge in [0.2, 0.25) is 0 Å². The first-order valence-corrected chi connectivity index (χ1v) is 6.81. The summed E-state index contributed by atoms with van der Waals surface area (Å²) in [6.07, 6.45) is 2.11. The molecule has 1 saturated heterocycles. The number of halogens is 2. The van der Waals surface area contributed by atoms with Gasteiger partial charge >= 0.3 is 0 Å². The predicted octanol–water partition coefficient (Wildman–Crippen LogP) is 2.58. The fourth-order valence-electron chi connectivity index (χ4n) is 1.92. The van der Waals surface area contributed by atoms with Crippen molar-refractivity contribution in [2.75, 3.05) is 13.1 Å². The Kier molecular flexibility index (Phi) is 4.42. The van der Waals surface area contributed by atoms with E-state index in [0.29, 0.717) is 10.6 Å². The molecule has 1 aromatic rings. The molecule has 1 amide bonds. The molecule has 0 saturated carbocycles. The van der Waals surface area contributed by atoms with Gasteiger partial charge < -0.3 is 10.6 Å². The molecular weight excluding hydrogens is 304 g/mol. The maximum Gasteiger partial charge on any atom is 0.253 e. The molecular formula is C12H14BrClN2O. The summed E-state index contributed by atoms with van der Waals surface area (Å²) in [5.74, 6) is -0.106. The number of amides is 1. The lowest BCUT2D eigenvalue weighted by Gasteiger charge is -2.24. The molecule has 1 aromatic carbocycles. The molecule has 0 bridgehead atoms. The second kappa shape index (κ2) is 5.85. The van der Waals surface area contributed by atoms with Crippen LogP contribution in [0.5, 0.6) is 0 Å². The van der Waals surface area contributed by atoms with Crippen LogP contribution in [0.15, 0.2) is 22.7 Å². The number of hydrogen-bond donors (Lipinski definition) is 2. The Balaban J connectivity index is 2.06. The molecule has 1 atom stereocenters. The number of benzene rings is 1. The van der Waals surface area contributed by atoms with E-state index in [1.165, 1.54) is 0 Å². The number of rotatable bonds is 2. The topological polar surface area (TPSA) is 41.1 Å². The molecule has 1 aliphatic rings. The van der Waals surface area contributed by atoms with Gasteiger partial charge in [0.15, 0.2) is 0 Å². The van der Waals surface area contributed by atoms with Crippen molar-refractivity contribution in [1.29, 1.82) is 0 Å². The highest BCUT2D eigenvalue weighted by Crippen LogP contribution is 2.26. The average molecular weight is 318 g/mol. The van der Waals surface area contributed by atoms with Gasteiger partial charge in [0.1, 0.15) is 0 Å². The smallest absolute Gasteiger partial charge is 0.253 e. The van der Waals surface area contributed by atoms with E-state index < -0.39 is 0 Å². The van der Waals surface area contributed by atoms with Gasteiger partial charge in [0, 0.05) is 17.1 Å². The Morgan fingerprint density at radius 1 is 1.53 bits per heavy atom. The van der Waals surface area contributed by atoms with Gasteiger partial charge in [-0.2, -0.15) is 0 Å². The molecule has 0 radical (unpaired) electrons. The van der Waals surface area contributed by atoms with E-state index in [-0.39, 0.29) is 11.9 Å². The Hall–Kier alpha value is -0.580. The first-order valence-electron chi connectivity index (χ1n) is 5.64. The van der Waals surface area contributed by atoms with E-state index in [9.17, 15) is 4.79 Å². The zero-order valence-electron chi connectivity index (χ0n) is 9.30. The minimum atomic E-state index is -0.106. The minimum Gasteiger partial charge on any atom is -0.348 e. The minimum absolute atomic E-state index is 0.106.